The quantitative estimate of drug-likeness (QED) is 0.322. The van der Waals surface area contributed by atoms with E-state index < -0.39 is 53.4 Å². The Hall–Kier alpha value is -4.56. The van der Waals surface area contributed by atoms with Crippen molar-refractivity contribution in [3.63, 3.8) is 0 Å². The highest BCUT2D eigenvalue weighted by atomic mass is 19.4. The van der Waals surface area contributed by atoms with Crippen molar-refractivity contribution in [2.45, 2.75) is 43.6 Å². The molecule has 2 aromatic rings. The fourth-order valence-corrected chi connectivity index (χ4v) is 5.32. The van der Waals surface area contributed by atoms with E-state index >= 15 is 0 Å². The first-order valence-electron chi connectivity index (χ1n) is 13.6. The third-order valence-corrected chi connectivity index (χ3v) is 7.41. The van der Waals surface area contributed by atoms with Crippen LogP contribution in [-0.4, -0.2) is 71.6 Å². The van der Waals surface area contributed by atoms with Crippen molar-refractivity contribution in [2.75, 3.05) is 30.8 Å². The van der Waals surface area contributed by atoms with E-state index in [1.165, 1.54) is 12.1 Å². The summed E-state index contributed by atoms with van der Waals surface area (Å²) in [5.74, 6) is -3.07. The molecule has 0 spiro atoms. The predicted molar refractivity (Wildman–Crippen MR) is 148 cm³/mol. The van der Waals surface area contributed by atoms with Gasteiger partial charge in [-0.15, -0.1) is 0 Å². The number of carbonyl (C=O) groups is 5. The number of likely N-dealkylation sites (N-methyl/N-ethyl adjacent to an activating group) is 1. The first kappa shape index (κ1) is 29.9. The minimum atomic E-state index is -4.55. The van der Waals surface area contributed by atoms with Gasteiger partial charge in [-0.05, 0) is 49.4 Å². The van der Waals surface area contributed by atoms with Crippen molar-refractivity contribution in [1.29, 1.82) is 0 Å². The molecular weight excluding hydrogens is 569 g/mol. The molecular formula is C29H29F3N6O5. The summed E-state index contributed by atoms with van der Waals surface area (Å²) in [4.78, 5) is 65.3. The Balaban J connectivity index is 1.30. The number of nitrogens with one attached hydrogen (secondary N) is 4. The lowest BCUT2D eigenvalue weighted by molar-refractivity contribution is -0.149. The number of imide groups is 2. The Kier molecular flexibility index (Phi) is 8.33. The number of likely N-dealkylation sites (tertiary alicyclic amines) is 1. The summed E-state index contributed by atoms with van der Waals surface area (Å²) in [6.45, 7) is 1.48. The SMILES string of the molecule is CN1CC(NC(CC(=O)Nc2cccc(C(F)(F)F)c2)c2cccc(NC3=CC(=O)N(C4CCC(=O)NC4=O)C3=O)c2)C1. The molecule has 0 aromatic heterocycles. The number of halogens is 3. The second kappa shape index (κ2) is 12.0. The largest absolute Gasteiger partial charge is 0.416 e. The van der Waals surface area contributed by atoms with Crippen molar-refractivity contribution in [2.24, 2.45) is 0 Å². The van der Waals surface area contributed by atoms with Gasteiger partial charge in [0.05, 0.1) is 5.56 Å². The van der Waals surface area contributed by atoms with E-state index in [-0.39, 0.29) is 36.7 Å². The first-order chi connectivity index (χ1) is 20.4. The summed E-state index contributed by atoms with van der Waals surface area (Å²) < 4.78 is 39.4. The van der Waals surface area contributed by atoms with Crippen molar-refractivity contribution in [3.05, 3.63) is 71.4 Å². The van der Waals surface area contributed by atoms with E-state index in [4.69, 9.17) is 0 Å². The highest BCUT2D eigenvalue weighted by Gasteiger charge is 2.42. The number of anilines is 2. The van der Waals surface area contributed by atoms with Crippen LogP contribution in [0.15, 0.2) is 60.3 Å². The van der Waals surface area contributed by atoms with Gasteiger partial charge in [-0.2, -0.15) is 13.2 Å². The number of benzene rings is 2. The molecule has 2 aromatic carbocycles. The number of alkyl halides is 3. The van der Waals surface area contributed by atoms with Crippen LogP contribution in [0.25, 0.3) is 0 Å². The minimum Gasteiger partial charge on any atom is -0.351 e. The Morgan fingerprint density at radius 2 is 1.77 bits per heavy atom. The van der Waals surface area contributed by atoms with Crippen LogP contribution in [0.3, 0.4) is 0 Å². The van der Waals surface area contributed by atoms with Gasteiger partial charge in [-0.25, -0.2) is 0 Å². The Labute approximate surface area is 244 Å². The van der Waals surface area contributed by atoms with E-state index in [2.05, 4.69) is 26.2 Å². The summed E-state index contributed by atoms with van der Waals surface area (Å²) in [7, 11) is 1.95. The number of piperidine rings is 1. The lowest BCUT2D eigenvalue weighted by Gasteiger charge is -2.39. The maximum Gasteiger partial charge on any atom is 0.416 e. The van der Waals surface area contributed by atoms with Gasteiger partial charge in [0.1, 0.15) is 11.7 Å². The molecule has 11 nitrogen and oxygen atoms in total. The number of amides is 5. The molecule has 3 aliphatic rings. The topological polar surface area (TPSA) is 140 Å². The highest BCUT2D eigenvalue weighted by molar-refractivity contribution is 6.20. The van der Waals surface area contributed by atoms with Gasteiger partial charge in [-0.3, -0.25) is 34.2 Å². The smallest absolute Gasteiger partial charge is 0.351 e. The average molecular weight is 599 g/mol. The molecule has 14 heteroatoms. The van der Waals surface area contributed by atoms with E-state index in [1.807, 2.05) is 7.05 Å². The third kappa shape index (κ3) is 6.92. The zero-order valence-corrected chi connectivity index (χ0v) is 23.0. The van der Waals surface area contributed by atoms with Crippen LogP contribution >= 0.6 is 0 Å². The van der Waals surface area contributed by atoms with Crippen LogP contribution in [0.5, 0.6) is 0 Å². The highest BCUT2D eigenvalue weighted by Crippen LogP contribution is 2.31. The molecule has 2 fully saturated rings. The first-order valence-corrected chi connectivity index (χ1v) is 13.6. The Morgan fingerprint density at radius 1 is 1.05 bits per heavy atom. The Bertz CT molecular complexity index is 1500. The molecule has 2 saturated heterocycles. The molecule has 5 amide bonds. The predicted octanol–water partition coefficient (Wildman–Crippen LogP) is 2.15. The van der Waals surface area contributed by atoms with E-state index in [1.54, 1.807) is 24.3 Å². The molecule has 5 rings (SSSR count). The van der Waals surface area contributed by atoms with Crippen LogP contribution in [-0.2, 0) is 30.1 Å². The summed E-state index contributed by atoms with van der Waals surface area (Å²) >= 11 is 0. The maximum absolute atomic E-state index is 13.1. The molecule has 2 unspecified atom stereocenters. The van der Waals surface area contributed by atoms with E-state index in [0.717, 1.165) is 36.2 Å². The molecule has 4 N–H and O–H groups in total. The second-order valence-corrected chi connectivity index (χ2v) is 10.8. The molecule has 3 heterocycles. The zero-order chi connectivity index (χ0) is 30.9. The van der Waals surface area contributed by atoms with Crippen LogP contribution in [0.2, 0.25) is 0 Å². The van der Waals surface area contributed by atoms with Crippen LogP contribution < -0.4 is 21.3 Å². The van der Waals surface area contributed by atoms with E-state index in [0.29, 0.717) is 11.3 Å². The minimum absolute atomic E-state index is 0.00475. The average Bonchev–Trinajstić information content (AvgIpc) is 3.19. The molecule has 3 aliphatic heterocycles. The van der Waals surface area contributed by atoms with Gasteiger partial charge in [-0.1, -0.05) is 18.2 Å². The van der Waals surface area contributed by atoms with Gasteiger partial charge in [0.15, 0.2) is 0 Å². The van der Waals surface area contributed by atoms with Gasteiger partial charge in [0.25, 0.3) is 11.8 Å². The van der Waals surface area contributed by atoms with Crippen molar-refractivity contribution < 1.29 is 37.1 Å². The van der Waals surface area contributed by atoms with Gasteiger partial charge in [0.2, 0.25) is 17.7 Å². The summed E-state index contributed by atoms with van der Waals surface area (Å²) in [5.41, 5.74) is 0.194. The number of hydrogen-bond acceptors (Lipinski definition) is 8. The number of rotatable bonds is 9. The molecule has 2 atom stereocenters. The van der Waals surface area contributed by atoms with Crippen molar-refractivity contribution in [3.8, 4) is 0 Å². The molecule has 0 bridgehead atoms. The standard InChI is InChI=1S/C29H29F3N6O5/c1-37-14-20(15-37)34-21(12-25(40)35-19-7-3-5-17(11-19)29(30,31)32)16-4-2-6-18(10-16)33-22-13-26(41)38(28(22)43)23-8-9-24(39)36-27(23)42/h2-7,10-11,13,20-21,23,33-34H,8-9,12,14-15H2,1H3,(H,35,40)(H,36,39,42). The lowest BCUT2D eigenvalue weighted by atomic mass is 9.99. The molecule has 0 radical (unpaired) electrons. The summed E-state index contributed by atoms with van der Waals surface area (Å²) in [6.07, 6.45) is -3.52. The van der Waals surface area contributed by atoms with Crippen molar-refractivity contribution >= 4 is 40.9 Å². The Morgan fingerprint density at radius 3 is 2.47 bits per heavy atom. The molecule has 226 valence electrons. The molecule has 0 aliphatic carbocycles. The van der Waals surface area contributed by atoms with Crippen LogP contribution in [0, 0.1) is 0 Å². The van der Waals surface area contributed by atoms with Crippen LogP contribution in [0.4, 0.5) is 24.5 Å². The van der Waals surface area contributed by atoms with Gasteiger partial charge >= 0.3 is 6.18 Å². The van der Waals surface area contributed by atoms with Crippen LogP contribution in [0.1, 0.15) is 36.4 Å². The molecule has 43 heavy (non-hydrogen) atoms. The summed E-state index contributed by atoms with van der Waals surface area (Å²) in [6, 6.07) is 9.68. The molecule has 0 saturated carbocycles. The number of hydrogen-bond donors (Lipinski definition) is 4. The fourth-order valence-electron chi connectivity index (χ4n) is 5.32. The normalized spacial score (nSPS) is 20.4. The summed E-state index contributed by atoms with van der Waals surface area (Å²) in [5, 5.41) is 11.0. The van der Waals surface area contributed by atoms with Gasteiger partial charge in [0, 0.05) is 55.5 Å². The lowest BCUT2D eigenvalue weighted by Crippen LogP contribution is -2.57. The van der Waals surface area contributed by atoms with Crippen molar-refractivity contribution in [1.82, 2.24) is 20.4 Å². The van der Waals surface area contributed by atoms with E-state index in [9.17, 15) is 37.1 Å². The second-order valence-electron chi connectivity index (χ2n) is 10.8. The third-order valence-electron chi connectivity index (χ3n) is 7.41. The fraction of sp³-hybridized carbons (Fsp3) is 0.345. The maximum atomic E-state index is 13.1. The van der Waals surface area contributed by atoms with Gasteiger partial charge < -0.3 is 20.9 Å². The number of carbonyl (C=O) groups excluding carboxylic acids is 5. The monoisotopic (exact) mass is 598 g/mol. The number of nitrogens with zero attached hydrogens (tertiary/aromatic N) is 2. The zero-order valence-electron chi connectivity index (χ0n) is 23.0.